The number of hydrogen-bond acceptors (Lipinski definition) is 4. The maximum absolute atomic E-state index is 10.0. The Labute approximate surface area is 398 Å². The molecule has 10 aromatic rings. The quantitative estimate of drug-likeness (QED) is 0.156. The SMILES string of the molecule is CC(C)(C)c1cc2ccc3c(N(c4ccc(C#N)cc4)c4ccc5c(c4)C(C)(C)c4ccccc4-5)cc(N(c4ccc(C#N)cc4)c4ccc5c(c4)C(C)(C)c4ccccc4-5)c4ccc(c1)c2c34. The summed E-state index contributed by atoms with van der Waals surface area (Å²) in [5, 5.41) is 27.1. The molecule has 0 N–H and O–H groups in total. The van der Waals surface area contributed by atoms with E-state index in [1.807, 2.05) is 24.3 Å². The van der Waals surface area contributed by atoms with Crippen LogP contribution in [0.3, 0.4) is 0 Å². The minimum absolute atomic E-state index is 0.0401. The van der Waals surface area contributed by atoms with Crippen LogP contribution in [0.4, 0.5) is 34.1 Å². The highest BCUT2D eigenvalue weighted by Gasteiger charge is 2.38. The van der Waals surface area contributed by atoms with Gasteiger partial charge in [0.15, 0.2) is 0 Å². The first-order valence-electron chi connectivity index (χ1n) is 23.6. The fraction of sp³-hybridized carbons (Fsp3) is 0.156. The molecule has 0 aliphatic heterocycles. The highest BCUT2D eigenvalue weighted by atomic mass is 15.2. The third kappa shape index (κ3) is 6.04. The molecule has 2 aliphatic rings. The molecule has 0 unspecified atom stereocenters. The lowest BCUT2D eigenvalue weighted by atomic mass is 9.82. The van der Waals surface area contributed by atoms with Crippen molar-refractivity contribution in [3.8, 4) is 34.4 Å². The number of nitrogens with zero attached hydrogens (tertiary/aromatic N) is 4. The van der Waals surface area contributed by atoms with Crippen LogP contribution in [0.1, 0.15) is 87.4 Å². The highest BCUT2D eigenvalue weighted by molar-refractivity contribution is 6.29. The lowest BCUT2D eigenvalue weighted by Crippen LogP contribution is -2.18. The standard InChI is InChI=1S/C64H50N4/c1-62(2,3)43-32-41-20-28-52-58(67(44-22-16-39(37-65)17-23-44)46-26-30-50-48-12-8-10-14-54(48)63(4,5)56(50)34-46)36-59(53-29-21-42(33-43)60(41)61(52)53)68(45-24-18-40(38-66)19-25-45)47-27-31-51-49-13-9-11-15-55(49)64(6,7)57(51)35-47/h8-36H,1-7H3. The number of nitriles is 2. The van der Waals surface area contributed by atoms with Crippen molar-refractivity contribution in [2.75, 3.05) is 9.80 Å². The maximum Gasteiger partial charge on any atom is 0.0991 e. The Kier molecular flexibility index (Phi) is 8.90. The molecule has 0 saturated heterocycles. The molecule has 0 radical (unpaired) electrons. The molecular formula is C64H50N4. The van der Waals surface area contributed by atoms with Crippen LogP contribution < -0.4 is 9.80 Å². The molecule has 0 aromatic heterocycles. The monoisotopic (exact) mass is 874 g/mol. The van der Waals surface area contributed by atoms with Gasteiger partial charge in [0.25, 0.3) is 0 Å². The Morgan fingerprint density at radius 1 is 0.397 bits per heavy atom. The van der Waals surface area contributed by atoms with Crippen LogP contribution >= 0.6 is 0 Å². The number of rotatable bonds is 6. The molecule has 0 atom stereocenters. The van der Waals surface area contributed by atoms with Crippen LogP contribution in [0.2, 0.25) is 0 Å². The summed E-state index contributed by atoms with van der Waals surface area (Å²) in [7, 11) is 0. The first-order valence-corrected chi connectivity index (χ1v) is 23.6. The average Bonchev–Trinajstić information content (AvgIpc) is 3.72. The Hall–Kier alpha value is -8.18. The lowest BCUT2D eigenvalue weighted by Gasteiger charge is -2.33. The van der Waals surface area contributed by atoms with Gasteiger partial charge in [-0.2, -0.15) is 10.5 Å². The number of hydrogen-bond donors (Lipinski definition) is 0. The molecule has 4 nitrogen and oxygen atoms in total. The first kappa shape index (κ1) is 41.3. The van der Waals surface area contributed by atoms with Crippen molar-refractivity contribution < 1.29 is 0 Å². The second-order valence-corrected chi connectivity index (χ2v) is 20.9. The largest absolute Gasteiger partial charge is 0.310 e. The third-order valence-corrected chi connectivity index (χ3v) is 15.2. The van der Waals surface area contributed by atoms with Gasteiger partial charge in [-0.1, -0.05) is 146 Å². The molecule has 0 spiro atoms. The van der Waals surface area contributed by atoms with Gasteiger partial charge in [0, 0.05) is 49.7 Å². The van der Waals surface area contributed by atoms with E-state index in [0.29, 0.717) is 11.1 Å². The fourth-order valence-corrected chi connectivity index (χ4v) is 11.6. The number of benzene rings is 10. The number of anilines is 6. The molecular weight excluding hydrogens is 825 g/mol. The van der Waals surface area contributed by atoms with Crippen molar-refractivity contribution in [2.45, 2.75) is 64.7 Å². The second kappa shape index (κ2) is 14.7. The van der Waals surface area contributed by atoms with E-state index in [0.717, 1.165) is 44.9 Å². The lowest BCUT2D eigenvalue weighted by molar-refractivity contribution is 0.591. The van der Waals surface area contributed by atoms with Crippen molar-refractivity contribution in [3.63, 3.8) is 0 Å². The van der Waals surface area contributed by atoms with Gasteiger partial charge >= 0.3 is 0 Å². The Bertz CT molecular complexity index is 3560. The van der Waals surface area contributed by atoms with E-state index in [4.69, 9.17) is 0 Å². The third-order valence-electron chi connectivity index (χ3n) is 15.2. The maximum atomic E-state index is 10.0. The van der Waals surface area contributed by atoms with Gasteiger partial charge < -0.3 is 9.80 Å². The molecule has 0 amide bonds. The van der Waals surface area contributed by atoms with Crippen LogP contribution in [-0.2, 0) is 16.2 Å². The summed E-state index contributed by atoms with van der Waals surface area (Å²) in [5.74, 6) is 0. The van der Waals surface area contributed by atoms with Gasteiger partial charge in [0.1, 0.15) is 0 Å². The fourth-order valence-electron chi connectivity index (χ4n) is 11.6. The summed E-state index contributed by atoms with van der Waals surface area (Å²) in [6.07, 6.45) is 0. The number of fused-ring (bicyclic) bond motifs is 6. The zero-order valence-electron chi connectivity index (χ0n) is 39.5. The molecule has 0 saturated carbocycles. The summed E-state index contributed by atoms with van der Waals surface area (Å²) in [6, 6.07) is 68.6. The minimum atomic E-state index is -0.218. The van der Waals surface area contributed by atoms with Crippen molar-refractivity contribution in [1.29, 1.82) is 10.5 Å². The summed E-state index contributed by atoms with van der Waals surface area (Å²) in [5.41, 5.74) is 18.4. The van der Waals surface area contributed by atoms with Crippen molar-refractivity contribution in [2.24, 2.45) is 0 Å². The smallest absolute Gasteiger partial charge is 0.0991 e. The van der Waals surface area contributed by atoms with E-state index in [9.17, 15) is 10.5 Å². The predicted octanol–water partition coefficient (Wildman–Crippen LogP) is 17.2. The van der Waals surface area contributed by atoms with E-state index < -0.39 is 0 Å². The van der Waals surface area contributed by atoms with Crippen molar-refractivity contribution >= 4 is 66.4 Å². The van der Waals surface area contributed by atoms with Gasteiger partial charge in [-0.3, -0.25) is 0 Å². The highest BCUT2D eigenvalue weighted by Crippen LogP contribution is 2.55. The zero-order valence-corrected chi connectivity index (χ0v) is 39.5. The Morgan fingerprint density at radius 3 is 1.21 bits per heavy atom. The second-order valence-electron chi connectivity index (χ2n) is 20.9. The zero-order chi connectivity index (χ0) is 46.9. The van der Waals surface area contributed by atoms with Crippen LogP contribution in [0.5, 0.6) is 0 Å². The Balaban J connectivity index is 1.19. The molecule has 2 aliphatic carbocycles. The summed E-state index contributed by atoms with van der Waals surface area (Å²) in [4.78, 5) is 4.80. The Morgan fingerprint density at radius 2 is 0.794 bits per heavy atom. The topological polar surface area (TPSA) is 54.1 Å². The molecule has 10 aromatic carbocycles. The average molecular weight is 875 g/mol. The van der Waals surface area contributed by atoms with Crippen molar-refractivity contribution in [1.82, 2.24) is 0 Å². The van der Waals surface area contributed by atoms with Crippen molar-refractivity contribution in [3.05, 3.63) is 215 Å². The van der Waals surface area contributed by atoms with Gasteiger partial charge in [0.2, 0.25) is 0 Å². The molecule has 326 valence electrons. The van der Waals surface area contributed by atoms with E-state index in [-0.39, 0.29) is 16.2 Å². The van der Waals surface area contributed by atoms with E-state index in [1.165, 1.54) is 71.6 Å². The van der Waals surface area contributed by atoms with Gasteiger partial charge in [-0.05, 0) is 151 Å². The van der Waals surface area contributed by atoms with Crippen LogP contribution in [0, 0.1) is 22.7 Å². The molecule has 4 heteroatoms. The van der Waals surface area contributed by atoms with Gasteiger partial charge in [0.05, 0.1) is 34.6 Å². The van der Waals surface area contributed by atoms with Crippen LogP contribution in [-0.4, -0.2) is 0 Å². The van der Waals surface area contributed by atoms with E-state index in [1.54, 1.807) is 0 Å². The van der Waals surface area contributed by atoms with Gasteiger partial charge in [-0.25, -0.2) is 0 Å². The van der Waals surface area contributed by atoms with E-state index >= 15 is 0 Å². The summed E-state index contributed by atoms with van der Waals surface area (Å²) in [6.45, 7) is 16.2. The normalized spacial score (nSPS) is 14.0. The van der Waals surface area contributed by atoms with Gasteiger partial charge in [-0.15, -0.1) is 0 Å². The first-order chi connectivity index (χ1) is 32.8. The van der Waals surface area contributed by atoms with Crippen LogP contribution in [0.15, 0.2) is 176 Å². The van der Waals surface area contributed by atoms with E-state index in [2.05, 4.69) is 222 Å². The van der Waals surface area contributed by atoms with Crippen LogP contribution in [0.25, 0.3) is 54.6 Å². The molecule has 68 heavy (non-hydrogen) atoms. The minimum Gasteiger partial charge on any atom is -0.310 e. The predicted molar refractivity (Wildman–Crippen MR) is 283 cm³/mol. The molecule has 0 heterocycles. The molecule has 12 rings (SSSR count). The molecule has 0 bridgehead atoms. The summed E-state index contributed by atoms with van der Waals surface area (Å²) < 4.78 is 0. The summed E-state index contributed by atoms with van der Waals surface area (Å²) >= 11 is 0. The molecule has 0 fully saturated rings.